The highest BCUT2D eigenvalue weighted by Crippen LogP contribution is 2.13. The zero-order valence-electron chi connectivity index (χ0n) is 13.5. The van der Waals surface area contributed by atoms with Gasteiger partial charge in [-0.3, -0.25) is 9.79 Å². The van der Waals surface area contributed by atoms with E-state index in [-0.39, 0.29) is 5.91 Å². The first-order chi connectivity index (χ1) is 11.1. The third-order valence-corrected chi connectivity index (χ3v) is 3.49. The highest BCUT2D eigenvalue weighted by Gasteiger charge is 2.02. The quantitative estimate of drug-likeness (QED) is 0.451. The van der Waals surface area contributed by atoms with E-state index in [1.165, 1.54) is 11.1 Å². The van der Waals surface area contributed by atoms with E-state index in [1.54, 1.807) is 12.1 Å². The Balaban J connectivity index is 1.79. The Hall–Kier alpha value is -2.82. The number of nitrogens with zero attached hydrogens (tertiary/aromatic N) is 1. The Morgan fingerprint density at radius 1 is 1.09 bits per heavy atom. The van der Waals surface area contributed by atoms with Crippen LogP contribution in [0.4, 0.5) is 5.69 Å². The number of benzene rings is 2. The van der Waals surface area contributed by atoms with Crippen molar-refractivity contribution in [2.24, 2.45) is 10.7 Å². The first-order valence-corrected chi connectivity index (χ1v) is 7.53. The molecule has 0 aliphatic carbocycles. The SMILES string of the molecule is Cc1ccc(NC(N)=NCCNC(=O)c2ccccc2)cc1C. The predicted octanol–water partition coefficient (Wildman–Crippen LogP) is 2.46. The summed E-state index contributed by atoms with van der Waals surface area (Å²) in [7, 11) is 0. The van der Waals surface area contributed by atoms with Crippen molar-refractivity contribution in [2.75, 3.05) is 18.4 Å². The van der Waals surface area contributed by atoms with Crippen molar-refractivity contribution < 1.29 is 4.79 Å². The number of amides is 1. The average molecular weight is 310 g/mol. The molecule has 0 aliphatic rings. The lowest BCUT2D eigenvalue weighted by atomic mass is 10.1. The van der Waals surface area contributed by atoms with E-state index in [0.29, 0.717) is 24.6 Å². The van der Waals surface area contributed by atoms with Gasteiger partial charge in [-0.25, -0.2) is 0 Å². The number of aryl methyl sites for hydroxylation is 2. The number of carbonyl (C=O) groups is 1. The van der Waals surface area contributed by atoms with Crippen LogP contribution in [0.15, 0.2) is 53.5 Å². The van der Waals surface area contributed by atoms with Crippen molar-refractivity contribution in [1.82, 2.24) is 5.32 Å². The van der Waals surface area contributed by atoms with E-state index in [2.05, 4.69) is 22.5 Å². The summed E-state index contributed by atoms with van der Waals surface area (Å²) in [5.74, 6) is 0.226. The highest BCUT2D eigenvalue weighted by molar-refractivity contribution is 5.94. The molecule has 120 valence electrons. The lowest BCUT2D eigenvalue weighted by Gasteiger charge is -2.08. The first kappa shape index (κ1) is 16.5. The molecule has 5 heteroatoms. The highest BCUT2D eigenvalue weighted by atomic mass is 16.1. The Kier molecular flexibility index (Phi) is 5.74. The number of nitrogens with one attached hydrogen (secondary N) is 2. The third kappa shape index (κ3) is 5.14. The van der Waals surface area contributed by atoms with Crippen molar-refractivity contribution in [3.05, 3.63) is 65.2 Å². The summed E-state index contributed by atoms with van der Waals surface area (Å²) in [6, 6.07) is 15.1. The van der Waals surface area contributed by atoms with Gasteiger partial charge in [0.1, 0.15) is 0 Å². The van der Waals surface area contributed by atoms with Crippen LogP contribution in [-0.2, 0) is 0 Å². The number of hydrogen-bond acceptors (Lipinski definition) is 2. The topological polar surface area (TPSA) is 79.5 Å². The number of hydrogen-bond donors (Lipinski definition) is 3. The fourth-order valence-electron chi connectivity index (χ4n) is 2.04. The zero-order chi connectivity index (χ0) is 16.7. The minimum absolute atomic E-state index is 0.110. The van der Waals surface area contributed by atoms with Crippen LogP contribution in [0.25, 0.3) is 0 Å². The molecule has 23 heavy (non-hydrogen) atoms. The molecule has 0 bridgehead atoms. The maximum absolute atomic E-state index is 11.8. The molecule has 0 saturated heterocycles. The number of rotatable bonds is 5. The van der Waals surface area contributed by atoms with E-state index < -0.39 is 0 Å². The lowest BCUT2D eigenvalue weighted by molar-refractivity contribution is 0.0955. The second kappa shape index (κ2) is 7.98. The number of guanidine groups is 1. The number of carbonyl (C=O) groups excluding carboxylic acids is 1. The summed E-state index contributed by atoms with van der Waals surface area (Å²) in [6.07, 6.45) is 0. The van der Waals surface area contributed by atoms with Crippen LogP contribution in [0.5, 0.6) is 0 Å². The summed E-state index contributed by atoms with van der Waals surface area (Å²) in [5.41, 5.74) is 9.81. The van der Waals surface area contributed by atoms with Crippen LogP contribution < -0.4 is 16.4 Å². The monoisotopic (exact) mass is 310 g/mol. The fraction of sp³-hybridized carbons (Fsp3) is 0.222. The molecule has 0 radical (unpaired) electrons. The maximum Gasteiger partial charge on any atom is 0.251 e. The van der Waals surface area contributed by atoms with E-state index in [1.807, 2.05) is 43.3 Å². The molecule has 0 spiro atoms. The van der Waals surface area contributed by atoms with Gasteiger partial charge < -0.3 is 16.4 Å². The van der Waals surface area contributed by atoms with Gasteiger partial charge in [-0.2, -0.15) is 0 Å². The van der Waals surface area contributed by atoms with Crippen LogP contribution >= 0.6 is 0 Å². The number of aliphatic imine (C=N–C) groups is 1. The standard InChI is InChI=1S/C18H22N4O/c1-13-8-9-16(12-14(13)2)22-18(19)21-11-10-20-17(23)15-6-4-3-5-7-15/h3-9,12H,10-11H2,1-2H3,(H,20,23)(H3,19,21,22). The van der Waals surface area contributed by atoms with Crippen LogP contribution in [0.1, 0.15) is 21.5 Å². The van der Waals surface area contributed by atoms with Crippen molar-refractivity contribution in [1.29, 1.82) is 0 Å². The molecule has 2 aromatic carbocycles. The second-order valence-corrected chi connectivity index (χ2v) is 5.31. The molecule has 0 aromatic heterocycles. The summed E-state index contributed by atoms with van der Waals surface area (Å²) in [6.45, 7) is 4.96. The van der Waals surface area contributed by atoms with Crippen molar-refractivity contribution >= 4 is 17.6 Å². The van der Waals surface area contributed by atoms with Crippen LogP contribution in [0.3, 0.4) is 0 Å². The third-order valence-electron chi connectivity index (χ3n) is 3.49. The molecule has 0 atom stereocenters. The molecule has 0 heterocycles. The largest absolute Gasteiger partial charge is 0.370 e. The van der Waals surface area contributed by atoms with Crippen molar-refractivity contribution in [3.63, 3.8) is 0 Å². The lowest BCUT2D eigenvalue weighted by Crippen LogP contribution is -2.28. The Morgan fingerprint density at radius 2 is 1.83 bits per heavy atom. The summed E-state index contributed by atoms with van der Waals surface area (Å²) < 4.78 is 0. The summed E-state index contributed by atoms with van der Waals surface area (Å²) in [5, 5.41) is 5.85. The van der Waals surface area contributed by atoms with Gasteiger partial charge in [0.05, 0.1) is 6.54 Å². The molecule has 0 unspecified atom stereocenters. The smallest absolute Gasteiger partial charge is 0.251 e. The normalized spacial score (nSPS) is 11.1. The van der Waals surface area contributed by atoms with Gasteiger partial charge in [0.2, 0.25) is 0 Å². The molecular weight excluding hydrogens is 288 g/mol. The molecule has 2 rings (SSSR count). The average Bonchev–Trinajstić information content (AvgIpc) is 2.55. The molecule has 4 N–H and O–H groups in total. The van der Waals surface area contributed by atoms with Gasteiger partial charge in [0.25, 0.3) is 5.91 Å². The molecule has 0 saturated carbocycles. The molecule has 0 fully saturated rings. The predicted molar refractivity (Wildman–Crippen MR) is 94.8 cm³/mol. The number of nitrogens with two attached hydrogens (primary N) is 1. The van der Waals surface area contributed by atoms with Crippen molar-refractivity contribution in [3.8, 4) is 0 Å². The molecule has 5 nitrogen and oxygen atoms in total. The molecule has 1 amide bonds. The fourth-order valence-corrected chi connectivity index (χ4v) is 2.04. The molecule has 0 aliphatic heterocycles. The molecular formula is C18H22N4O. The Bertz CT molecular complexity index is 695. The minimum atomic E-state index is -0.110. The minimum Gasteiger partial charge on any atom is -0.370 e. The van der Waals surface area contributed by atoms with E-state index in [0.717, 1.165) is 5.69 Å². The van der Waals surface area contributed by atoms with Gasteiger partial charge in [-0.15, -0.1) is 0 Å². The van der Waals surface area contributed by atoms with Crippen LogP contribution in [0.2, 0.25) is 0 Å². The Labute approximate surface area is 136 Å². The zero-order valence-corrected chi connectivity index (χ0v) is 13.5. The summed E-state index contributed by atoms with van der Waals surface area (Å²) in [4.78, 5) is 16.0. The van der Waals surface area contributed by atoms with Crippen LogP contribution in [-0.4, -0.2) is 25.0 Å². The van der Waals surface area contributed by atoms with Crippen LogP contribution in [0, 0.1) is 13.8 Å². The van der Waals surface area contributed by atoms with Gasteiger partial charge in [-0.1, -0.05) is 24.3 Å². The van der Waals surface area contributed by atoms with Crippen molar-refractivity contribution in [2.45, 2.75) is 13.8 Å². The van der Waals surface area contributed by atoms with Gasteiger partial charge in [-0.05, 0) is 49.2 Å². The maximum atomic E-state index is 11.8. The summed E-state index contributed by atoms with van der Waals surface area (Å²) >= 11 is 0. The first-order valence-electron chi connectivity index (χ1n) is 7.53. The van der Waals surface area contributed by atoms with E-state index in [9.17, 15) is 4.79 Å². The Morgan fingerprint density at radius 3 is 2.52 bits per heavy atom. The number of anilines is 1. The van der Waals surface area contributed by atoms with Gasteiger partial charge >= 0.3 is 0 Å². The van der Waals surface area contributed by atoms with E-state index >= 15 is 0 Å². The van der Waals surface area contributed by atoms with Gasteiger partial charge in [0, 0.05) is 17.8 Å². The molecule has 2 aromatic rings. The second-order valence-electron chi connectivity index (χ2n) is 5.31. The van der Waals surface area contributed by atoms with E-state index in [4.69, 9.17) is 5.73 Å². The van der Waals surface area contributed by atoms with Gasteiger partial charge in [0.15, 0.2) is 5.96 Å².